The van der Waals surface area contributed by atoms with Crippen LogP contribution in [0.3, 0.4) is 0 Å². The van der Waals surface area contributed by atoms with E-state index >= 15 is 0 Å². The maximum atomic E-state index is 12.5. The van der Waals surface area contributed by atoms with Gasteiger partial charge in [0.15, 0.2) is 0 Å². The Morgan fingerprint density at radius 2 is 2.09 bits per heavy atom. The lowest BCUT2D eigenvalue weighted by molar-refractivity contribution is -0.127. The third-order valence-corrected chi connectivity index (χ3v) is 4.67. The molecule has 0 bridgehead atoms. The number of carbonyl (C=O) groups excluding carboxylic acids is 1. The molecule has 2 aliphatic rings. The van der Waals surface area contributed by atoms with E-state index in [1.807, 2.05) is 6.33 Å². The largest absolute Gasteiger partial charge is 0.354 e. The second-order valence-corrected chi connectivity index (χ2v) is 6.86. The first-order valence-corrected chi connectivity index (χ1v) is 8.57. The topological polar surface area (TPSA) is 63.1 Å². The Bertz CT molecular complexity index is 502. The van der Waals surface area contributed by atoms with Crippen LogP contribution in [0.25, 0.3) is 0 Å². The van der Waals surface area contributed by atoms with E-state index < -0.39 is 0 Å². The molecule has 2 fully saturated rings. The molecule has 0 unspecified atom stereocenters. The zero-order chi connectivity index (χ0) is 15.5. The average Bonchev–Trinajstić information content (AvgIpc) is 2.99. The summed E-state index contributed by atoms with van der Waals surface area (Å²) in [5.41, 5.74) is 0. The lowest BCUT2D eigenvalue weighted by Gasteiger charge is -2.29. The van der Waals surface area contributed by atoms with Gasteiger partial charge in [0.2, 0.25) is 5.91 Å². The number of amides is 1. The van der Waals surface area contributed by atoms with Crippen LogP contribution in [-0.2, 0) is 11.2 Å². The average molecular weight is 305 g/mol. The Morgan fingerprint density at radius 1 is 1.36 bits per heavy atom. The molecule has 1 saturated heterocycles. The monoisotopic (exact) mass is 305 g/mol. The van der Waals surface area contributed by atoms with Crippen molar-refractivity contribution < 1.29 is 4.79 Å². The van der Waals surface area contributed by atoms with Gasteiger partial charge in [-0.2, -0.15) is 0 Å². The van der Waals surface area contributed by atoms with Gasteiger partial charge < -0.3 is 9.88 Å². The van der Waals surface area contributed by atoms with Crippen LogP contribution in [0.2, 0.25) is 0 Å². The van der Waals surface area contributed by atoms with Crippen LogP contribution >= 0.6 is 0 Å². The van der Waals surface area contributed by atoms with Crippen LogP contribution < -0.4 is 5.32 Å². The zero-order valence-electron chi connectivity index (χ0n) is 13.7. The van der Waals surface area contributed by atoms with E-state index in [4.69, 9.17) is 0 Å². The molecular formula is C16H27N5O. The molecule has 6 nitrogen and oxygen atoms in total. The summed E-state index contributed by atoms with van der Waals surface area (Å²) in [5, 5.41) is 11.3. The fourth-order valence-corrected chi connectivity index (χ4v) is 3.42. The van der Waals surface area contributed by atoms with Gasteiger partial charge >= 0.3 is 0 Å². The molecule has 1 aromatic rings. The number of nitrogens with zero attached hydrogens (tertiary/aromatic N) is 4. The molecule has 1 amide bonds. The second-order valence-electron chi connectivity index (χ2n) is 6.86. The van der Waals surface area contributed by atoms with Crippen molar-refractivity contribution >= 4 is 5.91 Å². The highest BCUT2D eigenvalue weighted by Crippen LogP contribution is 2.35. The van der Waals surface area contributed by atoms with Gasteiger partial charge in [-0.25, -0.2) is 0 Å². The Kier molecular flexibility index (Phi) is 4.76. The van der Waals surface area contributed by atoms with E-state index in [0.29, 0.717) is 18.5 Å². The van der Waals surface area contributed by atoms with Crippen molar-refractivity contribution in [2.24, 2.45) is 5.92 Å². The van der Waals surface area contributed by atoms with Crippen LogP contribution in [0.5, 0.6) is 0 Å². The van der Waals surface area contributed by atoms with E-state index in [-0.39, 0.29) is 11.9 Å². The van der Waals surface area contributed by atoms with Crippen LogP contribution in [0.1, 0.15) is 51.4 Å². The number of likely N-dealkylation sites (tertiary alicyclic amines) is 1. The van der Waals surface area contributed by atoms with Gasteiger partial charge in [0.1, 0.15) is 12.2 Å². The van der Waals surface area contributed by atoms with Crippen molar-refractivity contribution in [1.82, 2.24) is 25.0 Å². The van der Waals surface area contributed by atoms with Crippen molar-refractivity contribution in [3.05, 3.63) is 12.2 Å². The quantitative estimate of drug-likeness (QED) is 0.827. The minimum absolute atomic E-state index is 0.00352. The smallest absolute Gasteiger partial charge is 0.237 e. The molecule has 0 radical (unpaired) electrons. The Labute approximate surface area is 132 Å². The number of aromatic nitrogens is 3. The van der Waals surface area contributed by atoms with Gasteiger partial charge in [-0.3, -0.25) is 9.69 Å². The van der Waals surface area contributed by atoms with Crippen LogP contribution in [-0.4, -0.2) is 51.2 Å². The maximum absolute atomic E-state index is 12.5. The van der Waals surface area contributed by atoms with Gasteiger partial charge in [-0.05, 0) is 44.7 Å². The lowest BCUT2D eigenvalue weighted by Crippen LogP contribution is -2.49. The summed E-state index contributed by atoms with van der Waals surface area (Å²) in [4.78, 5) is 14.9. The van der Waals surface area contributed by atoms with Gasteiger partial charge in [-0.1, -0.05) is 13.8 Å². The fourth-order valence-electron chi connectivity index (χ4n) is 3.42. The van der Waals surface area contributed by atoms with E-state index in [0.717, 1.165) is 25.3 Å². The summed E-state index contributed by atoms with van der Waals surface area (Å²) < 4.78 is 2.16. The number of nitrogens with one attached hydrogen (secondary N) is 1. The molecule has 1 saturated carbocycles. The minimum Gasteiger partial charge on any atom is -0.354 e. The van der Waals surface area contributed by atoms with Crippen LogP contribution in [0.15, 0.2) is 6.33 Å². The van der Waals surface area contributed by atoms with Gasteiger partial charge in [0.05, 0.1) is 6.04 Å². The van der Waals surface area contributed by atoms with Gasteiger partial charge in [0.25, 0.3) is 0 Å². The van der Waals surface area contributed by atoms with Crippen molar-refractivity contribution in [1.29, 1.82) is 0 Å². The molecule has 1 atom stereocenters. The first-order chi connectivity index (χ1) is 10.7. The van der Waals surface area contributed by atoms with Crippen molar-refractivity contribution in [3.8, 4) is 0 Å². The van der Waals surface area contributed by atoms with E-state index in [2.05, 4.69) is 38.8 Å². The van der Waals surface area contributed by atoms with Crippen molar-refractivity contribution in [3.63, 3.8) is 0 Å². The molecule has 122 valence electrons. The van der Waals surface area contributed by atoms with E-state index in [9.17, 15) is 4.79 Å². The minimum atomic E-state index is 0.00352. The normalized spacial score (nSPS) is 20.5. The van der Waals surface area contributed by atoms with E-state index in [1.54, 1.807) is 0 Å². The molecule has 1 aromatic heterocycles. The molecular weight excluding hydrogens is 278 g/mol. The predicted octanol–water partition coefficient (Wildman–Crippen LogP) is 1.39. The SMILES string of the molecule is CC(C)[C@H](C(=O)NCCc1nncn1C1CC1)N1CCCC1. The zero-order valence-corrected chi connectivity index (χ0v) is 13.7. The van der Waals surface area contributed by atoms with Crippen molar-refractivity contribution in [2.75, 3.05) is 19.6 Å². The number of hydrogen-bond donors (Lipinski definition) is 1. The summed E-state index contributed by atoms with van der Waals surface area (Å²) in [5.74, 6) is 1.49. The van der Waals surface area contributed by atoms with Gasteiger partial charge in [0, 0.05) is 19.0 Å². The first-order valence-electron chi connectivity index (χ1n) is 8.57. The Morgan fingerprint density at radius 3 is 2.73 bits per heavy atom. The van der Waals surface area contributed by atoms with Crippen LogP contribution in [0.4, 0.5) is 0 Å². The molecule has 1 aliphatic carbocycles. The van der Waals surface area contributed by atoms with Gasteiger partial charge in [-0.15, -0.1) is 10.2 Å². The Balaban J connectivity index is 1.51. The third kappa shape index (κ3) is 3.48. The standard InChI is InChI=1S/C16H27N5O/c1-12(2)15(20-9-3-4-10-20)16(22)17-8-7-14-19-18-11-21(14)13-5-6-13/h11-13,15H,3-10H2,1-2H3,(H,17,22)/t15-/m1/s1. The first kappa shape index (κ1) is 15.5. The summed E-state index contributed by atoms with van der Waals surface area (Å²) in [6.07, 6.45) is 7.44. The lowest BCUT2D eigenvalue weighted by atomic mass is 10.0. The highest BCUT2D eigenvalue weighted by atomic mass is 16.2. The highest BCUT2D eigenvalue weighted by molar-refractivity contribution is 5.82. The number of hydrogen-bond acceptors (Lipinski definition) is 4. The van der Waals surface area contributed by atoms with Crippen molar-refractivity contribution in [2.45, 2.75) is 58.0 Å². The molecule has 2 heterocycles. The Hall–Kier alpha value is -1.43. The molecule has 1 N–H and O–H groups in total. The molecule has 0 aromatic carbocycles. The van der Waals surface area contributed by atoms with Crippen LogP contribution in [0, 0.1) is 5.92 Å². The number of carbonyl (C=O) groups is 1. The molecule has 22 heavy (non-hydrogen) atoms. The fraction of sp³-hybridized carbons (Fsp3) is 0.812. The third-order valence-electron chi connectivity index (χ3n) is 4.67. The highest BCUT2D eigenvalue weighted by Gasteiger charge is 2.30. The molecule has 3 rings (SSSR count). The maximum Gasteiger partial charge on any atom is 0.237 e. The van der Waals surface area contributed by atoms with E-state index in [1.165, 1.54) is 25.7 Å². The molecule has 1 aliphatic heterocycles. The molecule has 6 heteroatoms. The predicted molar refractivity (Wildman–Crippen MR) is 84.4 cm³/mol. The second kappa shape index (κ2) is 6.77. The molecule has 0 spiro atoms. The summed E-state index contributed by atoms with van der Waals surface area (Å²) in [6.45, 7) is 7.00. The summed E-state index contributed by atoms with van der Waals surface area (Å²) in [6, 6.07) is 0.595. The summed E-state index contributed by atoms with van der Waals surface area (Å²) in [7, 11) is 0. The summed E-state index contributed by atoms with van der Waals surface area (Å²) >= 11 is 0. The number of rotatable bonds is 7.